The van der Waals surface area contributed by atoms with Crippen molar-refractivity contribution in [3.05, 3.63) is 77.7 Å². The van der Waals surface area contributed by atoms with Gasteiger partial charge in [0.1, 0.15) is 78.9 Å². The first-order chi connectivity index (χ1) is 69.5. The summed E-state index contributed by atoms with van der Waals surface area (Å²) in [7, 11) is 0. The number of unbranched alkanes of at least 4 members (excludes halogenated alkanes) is 13. The first-order valence-corrected chi connectivity index (χ1v) is 49.1. The number of nitrogens with two attached hydrogens (primary N) is 3. The van der Waals surface area contributed by atoms with Crippen molar-refractivity contribution in [1.29, 1.82) is 5.41 Å². The van der Waals surface area contributed by atoms with Gasteiger partial charge in [0.2, 0.25) is 100 Å². The first-order valence-electron chi connectivity index (χ1n) is 49.1. The van der Waals surface area contributed by atoms with E-state index in [0.717, 1.165) is 55.7 Å². The number of carbonyl (C=O) groups excluding carboxylic acids is 17. The topological polar surface area (TPSA) is 803 Å². The average Bonchev–Trinajstić information content (AvgIpc) is 1.67. The Labute approximate surface area is 837 Å². The van der Waals surface area contributed by atoms with E-state index >= 15 is 19.2 Å². The molecule has 0 unspecified atom stereocenters. The van der Waals surface area contributed by atoms with Crippen LogP contribution in [0.15, 0.2) is 60.8 Å². The SMILES string of the molecule is CCCC[C@H](NC(=O)[C@H](CNC(=O)CN(CC(=O)O)CC(=O)O)NC(=O)[C@H](CO)NC(=O)[C@H](CCC(N)=O)NC(=O)[C@H](CO)NC(=O)CNC(=O)COCCOCCNC(=O)CCCCCCCCCCCCCCCc1nnn[nH]1)C(=O)N[C@H]1CCC(=O)NCCCC[C@@H](C(N)=O)NC(=O)[C@H](Cc2c[nH]c3ccccc23)NC(=O)[C@H](CCCNC(=N)N)NC(=O)[C@@H](Cc2ccccc2)NC(=O)[C@@H]2C[C@@H](O)CN2C1=O. The van der Waals surface area contributed by atoms with Gasteiger partial charge in [-0.25, -0.2) is 5.10 Å². The number of guanidine groups is 1. The van der Waals surface area contributed by atoms with Crippen LogP contribution in [0, 0.1) is 5.41 Å². The van der Waals surface area contributed by atoms with Crippen LogP contribution in [0.4, 0.5) is 0 Å². The Balaban J connectivity index is 1.13. The number of aromatic nitrogens is 5. The summed E-state index contributed by atoms with van der Waals surface area (Å²) in [6.45, 7) is -6.36. The molecule has 6 rings (SSSR count). The third-order valence-corrected chi connectivity index (χ3v) is 23.8. The molecular formula is C93H144N26O26. The number of aliphatic carboxylic acids is 2. The number of H-pyrrole nitrogens is 2. The molecule has 17 amide bonds. The molecule has 2 fully saturated rings. The molecule has 0 spiro atoms. The Hall–Kier alpha value is -14.0. The minimum Gasteiger partial charge on any atom is -0.480 e. The number of aliphatic hydroxyl groups is 3. The monoisotopic (exact) mass is 2040 g/mol. The molecule has 29 N–H and O–H groups in total. The molecule has 52 nitrogen and oxygen atoms in total. The van der Waals surface area contributed by atoms with Gasteiger partial charge in [0.25, 0.3) is 0 Å². The van der Waals surface area contributed by atoms with Crippen molar-refractivity contribution < 1.29 is 126 Å². The third kappa shape index (κ3) is 47.0. The van der Waals surface area contributed by atoms with E-state index in [-0.39, 0.29) is 103 Å². The van der Waals surface area contributed by atoms with E-state index in [4.69, 9.17) is 32.1 Å². The van der Waals surface area contributed by atoms with Crippen LogP contribution in [0.1, 0.15) is 197 Å². The minimum absolute atomic E-state index is 0.0124. The zero-order chi connectivity index (χ0) is 106. The largest absolute Gasteiger partial charge is 0.480 e. The van der Waals surface area contributed by atoms with Gasteiger partial charge in [-0.05, 0) is 91.8 Å². The summed E-state index contributed by atoms with van der Waals surface area (Å²) in [6.07, 6.45) is 12.9. The number of carboxylic acids is 2. The van der Waals surface area contributed by atoms with Gasteiger partial charge in [0, 0.05) is 94.8 Å². The summed E-state index contributed by atoms with van der Waals surface area (Å²) < 4.78 is 10.8. The number of nitrogens with one attached hydrogen (secondary N) is 18. The smallest absolute Gasteiger partial charge is 0.317 e. The number of fused-ring (bicyclic) bond motifs is 2. The number of para-hydroxylation sites is 1. The zero-order valence-corrected chi connectivity index (χ0v) is 81.8. The molecule has 0 bridgehead atoms. The molecule has 0 aliphatic carbocycles. The number of carboxylic acid groups (broad SMARTS) is 2. The van der Waals surface area contributed by atoms with Gasteiger partial charge in [0.05, 0.1) is 65.3 Å². The van der Waals surface area contributed by atoms with E-state index in [1.54, 1.807) is 67.7 Å². The van der Waals surface area contributed by atoms with Crippen molar-refractivity contribution in [2.45, 2.75) is 272 Å². The molecule has 52 heteroatoms. The quantitative estimate of drug-likeness (QED) is 0.0111. The number of primary amides is 2. The van der Waals surface area contributed by atoms with E-state index in [0.29, 0.717) is 39.8 Å². The van der Waals surface area contributed by atoms with E-state index < -0.39 is 276 Å². The van der Waals surface area contributed by atoms with Gasteiger partial charge in [-0.15, -0.1) is 5.10 Å². The summed E-state index contributed by atoms with van der Waals surface area (Å²) >= 11 is 0. The van der Waals surface area contributed by atoms with Gasteiger partial charge in [0.15, 0.2) is 5.96 Å². The van der Waals surface area contributed by atoms with Crippen molar-refractivity contribution >= 4 is 129 Å². The summed E-state index contributed by atoms with van der Waals surface area (Å²) in [6, 6.07) is -3.91. The number of tetrazole rings is 1. The summed E-state index contributed by atoms with van der Waals surface area (Å²) in [5, 5.41) is 111. The molecule has 2 saturated heterocycles. The predicted molar refractivity (Wildman–Crippen MR) is 519 cm³/mol. The van der Waals surface area contributed by atoms with E-state index in [2.05, 4.69) is 105 Å². The Kier molecular flexibility index (Phi) is 55.1. The highest BCUT2D eigenvalue weighted by Crippen LogP contribution is 2.24. The number of benzene rings is 2. The van der Waals surface area contributed by atoms with Gasteiger partial charge in [-0.2, -0.15) is 0 Å². The second-order valence-corrected chi connectivity index (χ2v) is 35.6. The number of hydrogen-bond donors (Lipinski definition) is 26. The maximum atomic E-state index is 15.4. The number of rotatable bonds is 62. The van der Waals surface area contributed by atoms with Crippen LogP contribution in [0.3, 0.4) is 0 Å². The lowest BCUT2D eigenvalue weighted by Gasteiger charge is -2.31. The summed E-state index contributed by atoms with van der Waals surface area (Å²) in [4.78, 5) is 267. The van der Waals surface area contributed by atoms with E-state index in [1.165, 1.54) is 44.9 Å². The number of aliphatic hydroxyl groups excluding tert-OH is 3. The molecule has 4 heterocycles. The lowest BCUT2D eigenvalue weighted by atomic mass is 10.0. The molecule has 2 aromatic heterocycles. The normalized spacial score (nSPS) is 18.3. The van der Waals surface area contributed by atoms with E-state index in [1.807, 2.05) is 0 Å². The molecule has 0 radical (unpaired) electrons. The molecule has 2 aliphatic rings. The highest BCUT2D eigenvalue weighted by Gasteiger charge is 2.45. The fourth-order valence-corrected chi connectivity index (χ4v) is 16.0. The second-order valence-electron chi connectivity index (χ2n) is 35.6. The number of aryl methyl sites for hydroxylation is 1. The Morgan fingerprint density at radius 3 is 1.79 bits per heavy atom. The lowest BCUT2D eigenvalue weighted by Crippen LogP contribution is -2.62. The number of amides is 17. The molecular weight excluding hydrogens is 1900 g/mol. The third-order valence-electron chi connectivity index (χ3n) is 23.8. The predicted octanol–water partition coefficient (Wildman–Crippen LogP) is -5.90. The number of hydrogen-bond acceptors (Lipinski definition) is 29. The van der Waals surface area contributed by atoms with E-state index in [9.17, 15) is 97.5 Å². The molecule has 802 valence electrons. The van der Waals surface area contributed by atoms with Crippen molar-refractivity contribution in [1.82, 2.24) is 115 Å². The molecule has 4 aromatic rings. The Bertz CT molecular complexity index is 4850. The van der Waals surface area contributed by atoms with Crippen LogP contribution in [0.2, 0.25) is 0 Å². The number of carbonyl (C=O) groups is 19. The van der Waals surface area contributed by atoms with Crippen LogP contribution in [-0.2, 0) is 120 Å². The van der Waals surface area contributed by atoms with Crippen molar-refractivity contribution in [2.75, 3.05) is 98.5 Å². The lowest BCUT2D eigenvalue weighted by molar-refractivity contribution is -0.143. The van der Waals surface area contributed by atoms with Crippen LogP contribution in [0.25, 0.3) is 10.9 Å². The average molecular weight is 2040 g/mol. The van der Waals surface area contributed by atoms with Gasteiger partial charge < -0.3 is 142 Å². The Morgan fingerprint density at radius 2 is 1.15 bits per heavy atom. The summed E-state index contributed by atoms with van der Waals surface area (Å²) in [5.41, 5.74) is 18.6. The van der Waals surface area contributed by atoms with Gasteiger partial charge >= 0.3 is 11.9 Å². The highest BCUT2D eigenvalue weighted by atomic mass is 16.5. The van der Waals surface area contributed by atoms with Crippen molar-refractivity contribution in [2.24, 2.45) is 17.2 Å². The molecule has 2 aromatic carbocycles. The number of nitrogens with zero attached hydrogens (tertiary/aromatic N) is 5. The Morgan fingerprint density at radius 1 is 0.566 bits per heavy atom. The number of ether oxygens (including phenoxy) is 2. The zero-order valence-electron chi connectivity index (χ0n) is 81.8. The molecule has 12 atom stereocenters. The second kappa shape index (κ2) is 66.8. The first kappa shape index (κ1) is 120. The van der Waals surface area contributed by atoms with Crippen LogP contribution in [0.5, 0.6) is 0 Å². The highest BCUT2D eigenvalue weighted by molar-refractivity contribution is 6.01. The van der Waals surface area contributed by atoms with Crippen molar-refractivity contribution in [3.63, 3.8) is 0 Å². The maximum absolute atomic E-state index is 15.4. The van der Waals surface area contributed by atoms with Crippen LogP contribution < -0.4 is 97.0 Å². The van der Waals surface area contributed by atoms with Crippen molar-refractivity contribution in [3.8, 4) is 0 Å². The fourth-order valence-electron chi connectivity index (χ4n) is 16.0. The molecule has 2 aliphatic heterocycles. The minimum atomic E-state index is -2.16. The van der Waals surface area contributed by atoms with Crippen LogP contribution >= 0.6 is 0 Å². The fraction of sp³-hybridized carbons (Fsp3) is 0.624. The maximum Gasteiger partial charge on any atom is 0.317 e. The summed E-state index contributed by atoms with van der Waals surface area (Å²) in [5.74, 6) is -20.0. The van der Waals surface area contributed by atoms with Gasteiger partial charge in [-0.1, -0.05) is 139 Å². The van der Waals surface area contributed by atoms with Crippen LogP contribution in [-0.4, -0.2) is 350 Å². The molecule has 145 heavy (non-hydrogen) atoms. The standard InChI is InChI=1S/C93H144N26O26/c1-2-3-28-63(83(134)109-66-35-37-76(125)98-38-23-22-30-62(82(95)133)105-87(138)68(45-58-47-101-61-29-21-20-27-60(58)61)110-84(135)64(31-24-39-100-93(96)97)106-86(137)67(44-57-25-16-15-17-26-57)111-91(142)72-46-59(122)50-119(72)92(66)143)107-88(139)69(48-102-78(127)51-118(52-80(129)130)53-81(131)132)112-90(141)71(55-121)113-85(136)65(34-36-73(94)123)108-89(140)70(54-120)104-77(126)49-103-79(128)56-145-43-42-144-41-40-99-75(124)33-19-14-12-10-8-6-4-5-7-9-11-13-18-32-74-114-116-117-115-74/h15-17,20-21,25-27,29,47,59,62-72,101,120-122H,2-14,18-19,22-24,28,30-46,48-56H2,1H3,(H2,94,123)(H2,95,133)(H,98,125)(H,99,124)(H,102,127)(H,103,128)(H,104,126)(H,105,138)(H,106,137)(H,107,139)(H,108,140)(H,109,134)(H,110,135)(H,111,142)(H,112,141)(H,113,136)(H,129,130)(H,131,132)(H4,96,97,100)(H,114,115,116,117)/t59-,62+,63+,64+,65+,66+,67-,68+,69+,70+,71+,72+/m1/s1. The number of aromatic amines is 2. The molecule has 0 saturated carbocycles. The van der Waals surface area contributed by atoms with Gasteiger partial charge in [-0.3, -0.25) is 101 Å².